The van der Waals surface area contributed by atoms with E-state index in [0.717, 1.165) is 19.3 Å². The van der Waals surface area contributed by atoms with E-state index in [1.54, 1.807) is 6.92 Å². The van der Waals surface area contributed by atoms with E-state index in [1.165, 1.54) is 25.7 Å². The van der Waals surface area contributed by atoms with Gasteiger partial charge in [0.15, 0.2) is 0 Å². The maximum absolute atomic E-state index is 12.2. The minimum atomic E-state index is -0.788. The summed E-state index contributed by atoms with van der Waals surface area (Å²) in [6, 6.07) is -0.788. The molecule has 5 heteroatoms. The molecule has 0 radical (unpaired) electrons. The van der Waals surface area contributed by atoms with Crippen LogP contribution in [0, 0.1) is 5.92 Å². The quantitative estimate of drug-likeness (QED) is 0.428. The van der Waals surface area contributed by atoms with Crippen LogP contribution >= 0.6 is 0 Å². The molecule has 0 aliphatic carbocycles. The first-order valence-electron chi connectivity index (χ1n) is 9.35. The second kappa shape index (κ2) is 12.3. The van der Waals surface area contributed by atoms with E-state index in [4.69, 9.17) is 15.2 Å². The van der Waals surface area contributed by atoms with Crippen LogP contribution < -0.4 is 5.73 Å². The number of ether oxygens (including phenoxy) is 2. The molecule has 5 nitrogen and oxygen atoms in total. The second-order valence-electron chi connectivity index (χ2n) is 7.38. The Morgan fingerprint density at radius 2 is 1.58 bits per heavy atom. The smallest absolute Gasteiger partial charge is 0.323 e. The lowest BCUT2D eigenvalue weighted by Gasteiger charge is -2.26. The number of hydrogen-bond donors (Lipinski definition) is 1. The minimum absolute atomic E-state index is 0.170. The van der Waals surface area contributed by atoms with Gasteiger partial charge < -0.3 is 15.2 Å². The highest BCUT2D eigenvalue weighted by Gasteiger charge is 2.30. The number of nitrogens with two attached hydrogens (primary N) is 1. The molecule has 0 saturated heterocycles. The van der Waals surface area contributed by atoms with Gasteiger partial charge in [-0.3, -0.25) is 9.59 Å². The topological polar surface area (TPSA) is 78.6 Å². The van der Waals surface area contributed by atoms with Crippen LogP contribution in [0.15, 0.2) is 0 Å². The van der Waals surface area contributed by atoms with Crippen LogP contribution in [0.2, 0.25) is 0 Å². The predicted molar refractivity (Wildman–Crippen MR) is 96.6 cm³/mol. The lowest BCUT2D eigenvalue weighted by Crippen LogP contribution is -2.43. The summed E-state index contributed by atoms with van der Waals surface area (Å²) in [6.07, 6.45) is 7.86. The van der Waals surface area contributed by atoms with Crippen LogP contribution in [-0.4, -0.2) is 30.2 Å². The Balaban J connectivity index is 4.55. The van der Waals surface area contributed by atoms with Crippen LogP contribution in [0.4, 0.5) is 0 Å². The largest absolute Gasteiger partial charge is 0.466 e. The highest BCUT2D eigenvalue weighted by molar-refractivity contribution is 5.78. The summed E-state index contributed by atoms with van der Waals surface area (Å²) in [7, 11) is 0. The summed E-state index contributed by atoms with van der Waals surface area (Å²) in [5, 5.41) is 0. The average Bonchev–Trinajstić information content (AvgIpc) is 2.47. The van der Waals surface area contributed by atoms with Crippen molar-refractivity contribution in [1.29, 1.82) is 0 Å². The normalized spacial score (nSPS) is 14.1. The number of rotatable bonds is 12. The number of esters is 2. The van der Waals surface area contributed by atoms with Gasteiger partial charge in [-0.25, -0.2) is 0 Å². The molecule has 0 aromatic rings. The fraction of sp³-hybridized carbons (Fsp3) is 0.895. The molecule has 0 saturated carbocycles. The lowest BCUT2D eigenvalue weighted by molar-refractivity contribution is -0.158. The Hall–Kier alpha value is -1.10. The maximum atomic E-state index is 12.2. The lowest BCUT2D eigenvalue weighted by atomic mass is 9.90. The van der Waals surface area contributed by atoms with E-state index in [1.807, 2.05) is 20.8 Å². The van der Waals surface area contributed by atoms with Gasteiger partial charge >= 0.3 is 11.9 Å². The van der Waals surface area contributed by atoms with Gasteiger partial charge in [0.25, 0.3) is 0 Å². The zero-order valence-electron chi connectivity index (χ0n) is 16.2. The van der Waals surface area contributed by atoms with Crippen molar-refractivity contribution in [2.75, 3.05) is 6.61 Å². The predicted octanol–water partition coefficient (Wildman–Crippen LogP) is 3.98. The van der Waals surface area contributed by atoms with Crippen molar-refractivity contribution >= 4 is 11.9 Å². The highest BCUT2D eigenvalue weighted by Crippen LogP contribution is 2.21. The van der Waals surface area contributed by atoms with Gasteiger partial charge in [0.05, 0.1) is 13.0 Å². The van der Waals surface area contributed by atoms with Crippen LogP contribution in [0.5, 0.6) is 0 Å². The summed E-state index contributed by atoms with van der Waals surface area (Å²) in [5.74, 6) is -0.972. The Morgan fingerprint density at radius 3 is 2.12 bits per heavy atom. The first kappa shape index (κ1) is 22.9. The molecule has 0 aromatic carbocycles. The zero-order chi connectivity index (χ0) is 18.6. The van der Waals surface area contributed by atoms with E-state index >= 15 is 0 Å². The van der Waals surface area contributed by atoms with Crippen LogP contribution in [0.1, 0.15) is 86.0 Å². The van der Waals surface area contributed by atoms with E-state index in [9.17, 15) is 9.59 Å². The van der Waals surface area contributed by atoms with Gasteiger partial charge in [-0.15, -0.1) is 0 Å². The monoisotopic (exact) mass is 343 g/mol. The molecule has 0 fully saturated rings. The molecule has 0 heterocycles. The van der Waals surface area contributed by atoms with Crippen molar-refractivity contribution in [3.8, 4) is 0 Å². The summed E-state index contributed by atoms with van der Waals surface area (Å²) in [4.78, 5) is 24.0. The van der Waals surface area contributed by atoms with Crippen LogP contribution in [0.3, 0.4) is 0 Å². The molecule has 2 N–H and O–H groups in total. The SMILES string of the molecule is CCCCCCCCC(CC(=O)OCC)C(N)C(=O)OC(C)(C)C. The van der Waals surface area contributed by atoms with Crippen molar-refractivity contribution < 1.29 is 19.1 Å². The van der Waals surface area contributed by atoms with Gasteiger partial charge in [0, 0.05) is 0 Å². The van der Waals surface area contributed by atoms with Crippen LogP contribution in [0.25, 0.3) is 0 Å². The number of unbranched alkanes of at least 4 members (excludes halogenated alkanes) is 5. The molecule has 2 atom stereocenters. The zero-order valence-corrected chi connectivity index (χ0v) is 16.2. The summed E-state index contributed by atoms with van der Waals surface area (Å²) >= 11 is 0. The highest BCUT2D eigenvalue weighted by atomic mass is 16.6. The molecule has 0 aliphatic heterocycles. The Morgan fingerprint density at radius 1 is 1.00 bits per heavy atom. The van der Waals surface area contributed by atoms with E-state index in [0.29, 0.717) is 6.61 Å². The minimum Gasteiger partial charge on any atom is -0.466 e. The Labute approximate surface area is 147 Å². The van der Waals surface area contributed by atoms with Gasteiger partial charge in [-0.2, -0.15) is 0 Å². The third-order valence-corrected chi connectivity index (χ3v) is 3.85. The van der Waals surface area contributed by atoms with Gasteiger partial charge in [-0.1, -0.05) is 45.4 Å². The fourth-order valence-electron chi connectivity index (χ4n) is 2.59. The summed E-state index contributed by atoms with van der Waals surface area (Å²) < 4.78 is 10.4. The molecule has 0 spiro atoms. The molecule has 2 unspecified atom stereocenters. The number of hydrogen-bond acceptors (Lipinski definition) is 5. The molecular formula is C19H37NO4. The first-order valence-corrected chi connectivity index (χ1v) is 9.35. The van der Waals surface area contributed by atoms with Crippen molar-refractivity contribution in [3.63, 3.8) is 0 Å². The maximum Gasteiger partial charge on any atom is 0.323 e. The second-order valence-corrected chi connectivity index (χ2v) is 7.38. The molecule has 24 heavy (non-hydrogen) atoms. The summed E-state index contributed by atoms with van der Waals surface area (Å²) in [5.41, 5.74) is 5.51. The van der Waals surface area contributed by atoms with Crippen molar-refractivity contribution in [1.82, 2.24) is 0 Å². The van der Waals surface area contributed by atoms with Gasteiger partial charge in [0.1, 0.15) is 11.6 Å². The molecule has 0 rings (SSSR count). The van der Waals surface area contributed by atoms with Gasteiger partial charge in [0.2, 0.25) is 0 Å². The molecule has 0 amide bonds. The molecular weight excluding hydrogens is 306 g/mol. The first-order chi connectivity index (χ1) is 11.2. The van der Waals surface area contributed by atoms with E-state index in [2.05, 4.69) is 6.92 Å². The fourth-order valence-corrected chi connectivity index (χ4v) is 2.59. The molecule has 0 aromatic heterocycles. The standard InChI is InChI=1S/C19H37NO4/c1-6-8-9-10-11-12-13-15(14-16(21)23-7-2)17(20)18(22)24-19(3,4)5/h15,17H,6-14,20H2,1-5H3. The van der Waals surface area contributed by atoms with Crippen LogP contribution in [-0.2, 0) is 19.1 Å². The van der Waals surface area contributed by atoms with Crippen molar-refractivity contribution in [2.45, 2.75) is 97.6 Å². The van der Waals surface area contributed by atoms with E-state index in [-0.39, 0.29) is 18.3 Å². The summed E-state index contributed by atoms with van der Waals surface area (Å²) in [6.45, 7) is 9.73. The van der Waals surface area contributed by atoms with Gasteiger partial charge in [-0.05, 0) is 40.0 Å². The van der Waals surface area contributed by atoms with E-state index < -0.39 is 17.6 Å². The number of carbonyl (C=O) groups is 2. The average molecular weight is 344 g/mol. The third-order valence-electron chi connectivity index (χ3n) is 3.85. The molecule has 142 valence electrons. The van der Waals surface area contributed by atoms with Crippen molar-refractivity contribution in [3.05, 3.63) is 0 Å². The third kappa shape index (κ3) is 11.4. The molecule has 0 bridgehead atoms. The van der Waals surface area contributed by atoms with Crippen molar-refractivity contribution in [2.24, 2.45) is 11.7 Å². The Bertz CT molecular complexity index is 363. The number of carbonyl (C=O) groups excluding carboxylic acids is 2. The molecule has 0 aliphatic rings. The Kier molecular flexibility index (Phi) is 11.7.